The maximum absolute atomic E-state index is 5.72. The molecule has 2 saturated heterocycles. The largest absolute Gasteiger partial charge is 0.388 e. The second-order valence-corrected chi connectivity index (χ2v) is 6.57. The molecule has 0 amide bonds. The van der Waals surface area contributed by atoms with Crippen LogP contribution in [0.25, 0.3) is 0 Å². The van der Waals surface area contributed by atoms with E-state index in [1.807, 2.05) is 12.1 Å². The van der Waals surface area contributed by atoms with Crippen molar-refractivity contribution in [3.05, 3.63) is 35.9 Å². The van der Waals surface area contributed by atoms with Crippen molar-refractivity contribution in [3.63, 3.8) is 0 Å². The van der Waals surface area contributed by atoms with Gasteiger partial charge < -0.3 is 24.8 Å². The number of aromatic nitrogens is 4. The van der Waals surface area contributed by atoms with Crippen molar-refractivity contribution in [2.24, 2.45) is 0 Å². The molecule has 0 aromatic carbocycles. The molecule has 9 heteroatoms. The SMILES string of the molecule is c1cc(CC2CNCCO2)nc(Oc2nccc(CC3CNCCO3)n2)n1. The Bertz CT molecular complexity index is 673. The lowest BCUT2D eigenvalue weighted by molar-refractivity contribution is 0.0285. The predicted octanol–water partition coefficient (Wildman–Crippen LogP) is 0.121. The molecule has 2 aliphatic rings. The molecule has 4 heterocycles. The average Bonchev–Trinajstić information content (AvgIpc) is 2.70. The summed E-state index contributed by atoms with van der Waals surface area (Å²) in [5, 5.41) is 6.63. The van der Waals surface area contributed by atoms with E-state index in [1.54, 1.807) is 12.4 Å². The summed E-state index contributed by atoms with van der Waals surface area (Å²) in [5.74, 6) is 0. The maximum Gasteiger partial charge on any atom is 0.324 e. The van der Waals surface area contributed by atoms with Gasteiger partial charge in [-0.15, -0.1) is 0 Å². The van der Waals surface area contributed by atoms with E-state index in [0.717, 1.165) is 50.8 Å². The molecular weight excluding hydrogens is 348 g/mol. The molecule has 4 rings (SSSR count). The van der Waals surface area contributed by atoms with E-state index >= 15 is 0 Å². The maximum atomic E-state index is 5.72. The van der Waals surface area contributed by atoms with E-state index in [0.29, 0.717) is 12.8 Å². The number of ether oxygens (including phenoxy) is 3. The van der Waals surface area contributed by atoms with Crippen LogP contribution >= 0.6 is 0 Å². The normalized spacial score (nSPS) is 23.1. The van der Waals surface area contributed by atoms with Gasteiger partial charge in [-0.25, -0.2) is 9.97 Å². The molecule has 144 valence electrons. The summed E-state index contributed by atoms with van der Waals surface area (Å²) in [7, 11) is 0. The van der Waals surface area contributed by atoms with Crippen LogP contribution in [-0.2, 0) is 22.3 Å². The Kier molecular flexibility index (Phi) is 6.15. The first kappa shape index (κ1) is 18.2. The third-order valence-corrected chi connectivity index (χ3v) is 4.45. The van der Waals surface area contributed by atoms with Crippen molar-refractivity contribution < 1.29 is 14.2 Å². The predicted molar refractivity (Wildman–Crippen MR) is 96.8 cm³/mol. The molecule has 2 fully saturated rings. The second-order valence-electron chi connectivity index (χ2n) is 6.57. The molecule has 2 aromatic rings. The summed E-state index contributed by atoms with van der Waals surface area (Å²) in [6.07, 6.45) is 5.01. The van der Waals surface area contributed by atoms with Crippen LogP contribution in [0.2, 0.25) is 0 Å². The Morgan fingerprint density at radius 3 is 1.81 bits per heavy atom. The first-order valence-electron chi connectivity index (χ1n) is 9.31. The molecule has 9 nitrogen and oxygen atoms in total. The molecule has 2 unspecified atom stereocenters. The van der Waals surface area contributed by atoms with Crippen LogP contribution in [0, 0.1) is 0 Å². The Balaban J connectivity index is 1.38. The van der Waals surface area contributed by atoms with E-state index in [1.165, 1.54) is 0 Å². The molecule has 0 aliphatic carbocycles. The lowest BCUT2D eigenvalue weighted by atomic mass is 10.2. The highest BCUT2D eigenvalue weighted by atomic mass is 16.5. The van der Waals surface area contributed by atoms with Gasteiger partial charge in [-0.3, -0.25) is 0 Å². The average molecular weight is 372 g/mol. The Hall–Kier alpha value is -2.20. The number of rotatable bonds is 6. The number of nitrogens with zero attached hydrogens (tertiary/aromatic N) is 4. The van der Waals surface area contributed by atoms with Crippen LogP contribution in [0.5, 0.6) is 12.0 Å². The molecular formula is C18H24N6O3. The molecule has 0 spiro atoms. The quantitative estimate of drug-likeness (QED) is 0.732. The lowest BCUT2D eigenvalue weighted by Crippen LogP contribution is -2.39. The van der Waals surface area contributed by atoms with Crippen molar-refractivity contribution in [3.8, 4) is 12.0 Å². The van der Waals surface area contributed by atoms with E-state index in [-0.39, 0.29) is 24.2 Å². The van der Waals surface area contributed by atoms with E-state index in [2.05, 4.69) is 30.6 Å². The lowest BCUT2D eigenvalue weighted by Gasteiger charge is -2.23. The summed E-state index contributed by atoms with van der Waals surface area (Å²) in [5.41, 5.74) is 1.73. The fourth-order valence-electron chi connectivity index (χ4n) is 3.13. The summed E-state index contributed by atoms with van der Waals surface area (Å²) < 4.78 is 17.1. The number of morpholine rings is 2. The number of nitrogens with one attached hydrogen (secondary N) is 2. The van der Waals surface area contributed by atoms with Gasteiger partial charge in [-0.05, 0) is 12.1 Å². The summed E-state index contributed by atoms with van der Waals surface area (Å²) >= 11 is 0. The van der Waals surface area contributed by atoms with Gasteiger partial charge in [0.25, 0.3) is 0 Å². The zero-order valence-corrected chi connectivity index (χ0v) is 15.1. The third kappa shape index (κ3) is 5.39. The van der Waals surface area contributed by atoms with Gasteiger partial charge in [0.15, 0.2) is 0 Å². The number of hydrogen-bond acceptors (Lipinski definition) is 9. The monoisotopic (exact) mass is 372 g/mol. The van der Waals surface area contributed by atoms with Gasteiger partial charge >= 0.3 is 12.0 Å². The molecule has 0 bridgehead atoms. The molecule has 2 atom stereocenters. The smallest absolute Gasteiger partial charge is 0.324 e. The zero-order chi connectivity index (χ0) is 18.3. The van der Waals surface area contributed by atoms with Crippen LogP contribution < -0.4 is 15.4 Å². The van der Waals surface area contributed by atoms with Gasteiger partial charge in [0.1, 0.15) is 0 Å². The molecule has 27 heavy (non-hydrogen) atoms. The summed E-state index contributed by atoms with van der Waals surface area (Å²) in [6.45, 7) is 4.88. The first-order valence-corrected chi connectivity index (χ1v) is 9.31. The van der Waals surface area contributed by atoms with Gasteiger partial charge in [-0.2, -0.15) is 9.97 Å². The van der Waals surface area contributed by atoms with E-state index in [9.17, 15) is 0 Å². The summed E-state index contributed by atoms with van der Waals surface area (Å²) in [6, 6.07) is 4.22. The Morgan fingerprint density at radius 2 is 1.37 bits per heavy atom. The van der Waals surface area contributed by atoms with Gasteiger partial charge in [0.05, 0.1) is 36.8 Å². The van der Waals surface area contributed by atoms with Crippen LogP contribution in [0.4, 0.5) is 0 Å². The van der Waals surface area contributed by atoms with Crippen molar-refractivity contribution >= 4 is 0 Å². The molecule has 2 aliphatic heterocycles. The van der Waals surface area contributed by atoms with Crippen molar-refractivity contribution in [1.29, 1.82) is 0 Å². The van der Waals surface area contributed by atoms with Crippen molar-refractivity contribution in [2.75, 3.05) is 39.4 Å². The topological polar surface area (TPSA) is 103 Å². The van der Waals surface area contributed by atoms with Gasteiger partial charge in [0, 0.05) is 51.4 Å². The standard InChI is InChI=1S/C18H24N6O3/c1-3-21-17(23-13(1)9-15-11-19-5-7-25-15)27-18-22-4-2-14(24-18)10-16-12-20-6-8-26-16/h1-4,15-16,19-20H,5-12H2. The highest BCUT2D eigenvalue weighted by Gasteiger charge is 2.17. The van der Waals surface area contributed by atoms with Crippen molar-refractivity contribution in [1.82, 2.24) is 30.6 Å². The fourth-order valence-corrected chi connectivity index (χ4v) is 3.13. The minimum Gasteiger partial charge on any atom is -0.388 e. The highest BCUT2D eigenvalue weighted by Crippen LogP contribution is 2.15. The van der Waals surface area contributed by atoms with E-state index < -0.39 is 0 Å². The van der Waals surface area contributed by atoms with E-state index in [4.69, 9.17) is 14.2 Å². The Morgan fingerprint density at radius 1 is 0.852 bits per heavy atom. The van der Waals surface area contributed by atoms with Crippen LogP contribution in [-0.4, -0.2) is 71.5 Å². The molecule has 2 aromatic heterocycles. The summed E-state index contributed by atoms with van der Waals surface area (Å²) in [4.78, 5) is 17.2. The second kappa shape index (κ2) is 9.14. The highest BCUT2D eigenvalue weighted by molar-refractivity contribution is 5.13. The zero-order valence-electron chi connectivity index (χ0n) is 15.1. The minimum absolute atomic E-state index is 0.116. The molecule has 0 radical (unpaired) electrons. The third-order valence-electron chi connectivity index (χ3n) is 4.45. The van der Waals surface area contributed by atoms with Crippen molar-refractivity contribution in [2.45, 2.75) is 25.0 Å². The Labute approximate surface area is 157 Å². The molecule has 2 N–H and O–H groups in total. The first-order chi connectivity index (χ1) is 13.3. The van der Waals surface area contributed by atoms with Gasteiger partial charge in [0.2, 0.25) is 0 Å². The van der Waals surface area contributed by atoms with Crippen LogP contribution in [0.3, 0.4) is 0 Å². The minimum atomic E-state index is 0.116. The van der Waals surface area contributed by atoms with Crippen LogP contribution in [0.15, 0.2) is 24.5 Å². The van der Waals surface area contributed by atoms with Crippen LogP contribution in [0.1, 0.15) is 11.4 Å². The van der Waals surface area contributed by atoms with Gasteiger partial charge in [-0.1, -0.05) is 0 Å². The molecule has 0 saturated carbocycles. The number of hydrogen-bond donors (Lipinski definition) is 2. The fraction of sp³-hybridized carbons (Fsp3) is 0.556.